The van der Waals surface area contributed by atoms with Crippen LogP contribution in [0, 0.1) is 12.8 Å². The van der Waals surface area contributed by atoms with Gasteiger partial charge in [0.2, 0.25) is 5.91 Å². The monoisotopic (exact) mass is 330 g/mol. The number of aryl methyl sites for hydroxylation is 2. The Morgan fingerprint density at radius 3 is 3.09 bits per heavy atom. The second-order valence-electron chi connectivity index (χ2n) is 5.90. The molecule has 0 saturated heterocycles. The number of carbonyl (C=O) groups excluding carboxylic acids is 1. The maximum atomic E-state index is 12.4. The third-order valence-electron chi connectivity index (χ3n) is 4.07. The summed E-state index contributed by atoms with van der Waals surface area (Å²) in [6.45, 7) is 5.17. The molecule has 3 rings (SSSR count). The van der Waals surface area contributed by atoms with E-state index < -0.39 is 0 Å². The van der Waals surface area contributed by atoms with Gasteiger partial charge in [-0.15, -0.1) is 11.3 Å². The van der Waals surface area contributed by atoms with Crippen molar-refractivity contribution in [2.24, 2.45) is 5.92 Å². The molecule has 0 bridgehead atoms. The fourth-order valence-corrected chi connectivity index (χ4v) is 3.89. The number of amides is 1. The quantitative estimate of drug-likeness (QED) is 0.915. The van der Waals surface area contributed by atoms with E-state index >= 15 is 0 Å². The van der Waals surface area contributed by atoms with Gasteiger partial charge in [-0.25, -0.2) is 4.98 Å². The van der Waals surface area contributed by atoms with Gasteiger partial charge in [0.1, 0.15) is 12.4 Å². The van der Waals surface area contributed by atoms with Crippen molar-refractivity contribution < 1.29 is 9.53 Å². The van der Waals surface area contributed by atoms with Crippen LogP contribution in [0.1, 0.15) is 34.5 Å². The number of thiazole rings is 1. The molecular formula is C18H22N2O2S. The molecule has 0 unspecified atom stereocenters. The molecule has 1 amide bonds. The fourth-order valence-electron chi connectivity index (χ4n) is 2.78. The Kier molecular flexibility index (Phi) is 4.96. The lowest BCUT2D eigenvalue weighted by molar-refractivity contribution is -0.126. The average Bonchev–Trinajstić information content (AvgIpc) is 2.92. The van der Waals surface area contributed by atoms with Gasteiger partial charge in [0.15, 0.2) is 0 Å². The Bertz CT molecular complexity index is 696. The highest BCUT2D eigenvalue weighted by Gasteiger charge is 2.25. The van der Waals surface area contributed by atoms with E-state index in [-0.39, 0.29) is 11.8 Å². The molecule has 0 aliphatic carbocycles. The number of carbonyl (C=O) groups is 1. The maximum Gasteiger partial charge on any atom is 0.227 e. The van der Waals surface area contributed by atoms with Crippen molar-refractivity contribution in [3.05, 3.63) is 45.4 Å². The highest BCUT2D eigenvalue weighted by molar-refractivity contribution is 7.11. The summed E-state index contributed by atoms with van der Waals surface area (Å²) in [5.74, 6) is 0.844. The summed E-state index contributed by atoms with van der Waals surface area (Å²) >= 11 is 1.70. The molecule has 1 N–H and O–H groups in total. The van der Waals surface area contributed by atoms with Gasteiger partial charge in [-0.05, 0) is 37.8 Å². The van der Waals surface area contributed by atoms with E-state index in [1.807, 2.05) is 31.2 Å². The number of aromatic nitrogens is 1. The topological polar surface area (TPSA) is 51.2 Å². The molecule has 122 valence electrons. The van der Waals surface area contributed by atoms with Crippen molar-refractivity contribution in [2.75, 3.05) is 6.61 Å². The number of fused-ring (bicyclic) bond motifs is 1. The van der Waals surface area contributed by atoms with Crippen molar-refractivity contribution in [3.63, 3.8) is 0 Å². The summed E-state index contributed by atoms with van der Waals surface area (Å²) < 4.78 is 5.70. The molecule has 0 radical (unpaired) electrons. The van der Waals surface area contributed by atoms with Crippen molar-refractivity contribution >= 4 is 17.2 Å². The average molecular weight is 330 g/mol. The molecule has 4 nitrogen and oxygen atoms in total. The first-order chi connectivity index (χ1) is 11.2. The van der Waals surface area contributed by atoms with Gasteiger partial charge in [-0.3, -0.25) is 4.79 Å². The maximum absolute atomic E-state index is 12.4. The molecule has 2 aromatic rings. The summed E-state index contributed by atoms with van der Waals surface area (Å²) in [5, 5.41) is 4.20. The highest BCUT2D eigenvalue weighted by atomic mass is 32.1. The first-order valence-electron chi connectivity index (χ1n) is 8.11. The van der Waals surface area contributed by atoms with E-state index in [0.29, 0.717) is 13.2 Å². The van der Waals surface area contributed by atoms with Crippen molar-refractivity contribution in [3.8, 4) is 5.75 Å². The minimum atomic E-state index is -0.117. The standard InChI is InChI=1S/C18H22N2O2S/c1-3-6-17-20-12(2)16(23-17)10-19-18(21)14-9-13-7-4-5-8-15(13)22-11-14/h4-5,7-8,14H,3,6,9-11H2,1-2H3,(H,19,21)/t14-/m1/s1. The SMILES string of the molecule is CCCc1nc(C)c(CNC(=O)[C@H]2COc3ccccc3C2)s1. The van der Waals surface area contributed by atoms with E-state index in [1.54, 1.807) is 11.3 Å². The Balaban J connectivity index is 1.58. The number of benzene rings is 1. The molecule has 0 spiro atoms. The Morgan fingerprint density at radius 1 is 1.43 bits per heavy atom. The van der Waals surface area contributed by atoms with Crippen LogP contribution < -0.4 is 10.1 Å². The molecule has 1 aliphatic heterocycles. The molecule has 5 heteroatoms. The summed E-state index contributed by atoms with van der Waals surface area (Å²) in [6.07, 6.45) is 2.84. The zero-order chi connectivity index (χ0) is 16.2. The molecule has 0 fully saturated rings. The Hall–Kier alpha value is -1.88. The molecule has 2 heterocycles. The van der Waals surface area contributed by atoms with Crippen LogP contribution in [0.3, 0.4) is 0 Å². The normalized spacial score (nSPS) is 16.5. The van der Waals surface area contributed by atoms with Gasteiger partial charge in [-0.1, -0.05) is 25.1 Å². The minimum absolute atomic E-state index is 0.0596. The zero-order valence-electron chi connectivity index (χ0n) is 13.6. The minimum Gasteiger partial charge on any atom is -0.492 e. The van der Waals surface area contributed by atoms with Gasteiger partial charge >= 0.3 is 0 Å². The summed E-state index contributed by atoms with van der Waals surface area (Å²) in [6, 6.07) is 7.93. The molecule has 0 saturated carbocycles. The largest absolute Gasteiger partial charge is 0.492 e. The van der Waals surface area contributed by atoms with Crippen molar-refractivity contribution in [1.82, 2.24) is 10.3 Å². The number of rotatable bonds is 5. The molecule has 1 aromatic heterocycles. The van der Waals surface area contributed by atoms with Crippen LogP contribution >= 0.6 is 11.3 Å². The van der Waals surface area contributed by atoms with Gasteiger partial charge in [-0.2, -0.15) is 0 Å². The van der Waals surface area contributed by atoms with Crippen LogP contribution in [0.25, 0.3) is 0 Å². The number of nitrogens with one attached hydrogen (secondary N) is 1. The fraction of sp³-hybridized carbons (Fsp3) is 0.444. The first-order valence-corrected chi connectivity index (χ1v) is 8.92. The number of hydrogen-bond acceptors (Lipinski definition) is 4. The lowest BCUT2D eigenvalue weighted by Crippen LogP contribution is -2.37. The van der Waals surface area contributed by atoms with Crippen molar-refractivity contribution in [1.29, 1.82) is 0 Å². The van der Waals surface area contributed by atoms with Crippen molar-refractivity contribution in [2.45, 2.75) is 39.7 Å². The number of para-hydroxylation sites is 1. The Morgan fingerprint density at radius 2 is 2.26 bits per heavy atom. The highest BCUT2D eigenvalue weighted by Crippen LogP contribution is 2.27. The van der Waals surface area contributed by atoms with E-state index in [9.17, 15) is 4.79 Å². The molecule has 1 atom stereocenters. The summed E-state index contributed by atoms with van der Waals surface area (Å²) in [5.41, 5.74) is 2.14. The number of ether oxygens (including phenoxy) is 1. The van der Waals surface area contributed by atoms with E-state index in [0.717, 1.165) is 46.2 Å². The van der Waals surface area contributed by atoms with Crippen LogP contribution in [0.5, 0.6) is 5.75 Å². The molecule has 1 aromatic carbocycles. The third kappa shape index (κ3) is 3.72. The summed E-state index contributed by atoms with van der Waals surface area (Å²) in [7, 11) is 0. The second kappa shape index (κ2) is 7.13. The van der Waals surface area contributed by atoms with Crippen LogP contribution in [0.15, 0.2) is 24.3 Å². The molecule has 23 heavy (non-hydrogen) atoms. The van der Waals surface area contributed by atoms with E-state index in [2.05, 4.69) is 17.2 Å². The van der Waals surface area contributed by atoms with Gasteiger partial charge < -0.3 is 10.1 Å². The number of hydrogen-bond donors (Lipinski definition) is 1. The van der Waals surface area contributed by atoms with Crippen LogP contribution in [0.2, 0.25) is 0 Å². The van der Waals surface area contributed by atoms with Gasteiger partial charge in [0.05, 0.1) is 23.2 Å². The van der Waals surface area contributed by atoms with Gasteiger partial charge in [0, 0.05) is 4.88 Å². The predicted molar refractivity (Wildman–Crippen MR) is 91.8 cm³/mol. The number of nitrogens with zero attached hydrogens (tertiary/aromatic N) is 1. The smallest absolute Gasteiger partial charge is 0.227 e. The Labute approximate surface area is 140 Å². The third-order valence-corrected chi connectivity index (χ3v) is 5.29. The summed E-state index contributed by atoms with van der Waals surface area (Å²) in [4.78, 5) is 18.1. The van der Waals surface area contributed by atoms with Crippen LogP contribution in [0.4, 0.5) is 0 Å². The first kappa shape index (κ1) is 16.0. The van der Waals surface area contributed by atoms with Crippen LogP contribution in [-0.4, -0.2) is 17.5 Å². The molecular weight excluding hydrogens is 308 g/mol. The van der Waals surface area contributed by atoms with Crippen LogP contribution in [-0.2, 0) is 24.2 Å². The van der Waals surface area contributed by atoms with E-state index in [4.69, 9.17) is 4.74 Å². The lowest BCUT2D eigenvalue weighted by Gasteiger charge is -2.24. The lowest BCUT2D eigenvalue weighted by atomic mass is 9.96. The van der Waals surface area contributed by atoms with Gasteiger partial charge in [0.25, 0.3) is 0 Å². The second-order valence-corrected chi connectivity index (χ2v) is 7.07. The zero-order valence-corrected chi connectivity index (χ0v) is 14.4. The predicted octanol–water partition coefficient (Wildman–Crippen LogP) is 3.27. The molecule has 1 aliphatic rings. The van der Waals surface area contributed by atoms with E-state index in [1.165, 1.54) is 0 Å².